The highest BCUT2D eigenvalue weighted by molar-refractivity contribution is 6.30. The molecule has 2 aliphatic heterocycles. The van der Waals surface area contributed by atoms with Crippen molar-refractivity contribution in [1.29, 1.82) is 0 Å². The molecule has 2 N–H and O–H groups in total. The van der Waals surface area contributed by atoms with Gasteiger partial charge in [0.05, 0.1) is 27.4 Å². The molecule has 3 aromatic rings. The first kappa shape index (κ1) is 28.7. The van der Waals surface area contributed by atoms with Crippen molar-refractivity contribution in [2.75, 3.05) is 18.0 Å². The summed E-state index contributed by atoms with van der Waals surface area (Å²) in [5.74, 6) is 2.32. The number of fused-ring (bicyclic) bond motifs is 1. The van der Waals surface area contributed by atoms with E-state index < -0.39 is 12.3 Å². The fourth-order valence-corrected chi connectivity index (χ4v) is 6.94. The molecule has 1 saturated carbocycles. The largest absolute Gasteiger partial charge is 0.427 e. The molecule has 42 heavy (non-hydrogen) atoms. The van der Waals surface area contributed by atoms with Gasteiger partial charge in [-0.1, -0.05) is 38.3 Å². The van der Waals surface area contributed by atoms with Crippen molar-refractivity contribution in [2.24, 2.45) is 11.8 Å². The topological polar surface area (TPSA) is 118 Å². The van der Waals surface area contributed by atoms with Gasteiger partial charge in [0.25, 0.3) is 0 Å². The maximum Gasteiger partial charge on any atom is 0.427 e. The third-order valence-corrected chi connectivity index (χ3v) is 9.12. The van der Waals surface area contributed by atoms with Crippen LogP contribution in [0.25, 0.3) is 22.3 Å². The highest BCUT2D eigenvalue weighted by Crippen LogP contribution is 2.38. The van der Waals surface area contributed by atoms with Crippen molar-refractivity contribution in [3.63, 3.8) is 0 Å². The van der Waals surface area contributed by atoms with Crippen molar-refractivity contribution < 1.29 is 14.4 Å². The summed E-state index contributed by atoms with van der Waals surface area (Å²) in [5.41, 5.74) is 6.44. The van der Waals surface area contributed by atoms with E-state index in [9.17, 15) is 9.59 Å². The third kappa shape index (κ3) is 5.51. The van der Waals surface area contributed by atoms with E-state index in [4.69, 9.17) is 26.4 Å². The zero-order chi connectivity index (χ0) is 29.5. The van der Waals surface area contributed by atoms with Crippen LogP contribution in [0.3, 0.4) is 0 Å². The second-order valence-electron chi connectivity index (χ2n) is 12.1. The zero-order valence-corrected chi connectivity index (χ0v) is 25.4. The maximum atomic E-state index is 12.6. The van der Waals surface area contributed by atoms with E-state index in [2.05, 4.69) is 46.0 Å². The van der Waals surface area contributed by atoms with E-state index in [1.165, 1.54) is 25.7 Å². The molecule has 0 spiro atoms. The zero-order valence-electron chi connectivity index (χ0n) is 24.6. The Morgan fingerprint density at radius 2 is 1.81 bits per heavy atom. The van der Waals surface area contributed by atoms with Gasteiger partial charge >= 0.3 is 6.09 Å². The summed E-state index contributed by atoms with van der Waals surface area (Å²) in [6.45, 7) is 10.7. The molecule has 0 radical (unpaired) electrons. The quantitative estimate of drug-likeness (QED) is 0.407. The lowest BCUT2D eigenvalue weighted by atomic mass is 9.83. The SMILES string of the molecule is CCC(=O)N1C[C@@H](C)N(c2nc3cc(C4NOC(=O)N4)nc(-c4cncc(Cl)c4)c3n2CC2CCC(C)CC2)[C@H](C)C1. The fraction of sp³-hybridized carbons (Fsp3) is 0.567. The number of piperazine rings is 1. The molecular weight excluding hydrogens is 556 g/mol. The van der Waals surface area contributed by atoms with Crippen molar-refractivity contribution in [3.05, 3.63) is 35.2 Å². The van der Waals surface area contributed by atoms with E-state index in [1.54, 1.807) is 12.4 Å². The van der Waals surface area contributed by atoms with Gasteiger partial charge in [0.2, 0.25) is 11.9 Å². The van der Waals surface area contributed by atoms with Crippen LogP contribution in [0.4, 0.5) is 10.7 Å². The molecule has 3 aliphatic rings. The lowest BCUT2D eigenvalue weighted by molar-refractivity contribution is -0.132. The van der Waals surface area contributed by atoms with E-state index in [0.29, 0.717) is 41.8 Å². The monoisotopic (exact) mass is 594 g/mol. The minimum absolute atomic E-state index is 0.0686. The van der Waals surface area contributed by atoms with Gasteiger partial charge in [0.15, 0.2) is 6.17 Å². The number of anilines is 1. The molecule has 0 bridgehead atoms. The number of carbonyl (C=O) groups is 2. The van der Waals surface area contributed by atoms with Crippen molar-refractivity contribution in [1.82, 2.24) is 35.2 Å². The van der Waals surface area contributed by atoms with E-state index in [0.717, 1.165) is 35.0 Å². The molecule has 2 saturated heterocycles. The van der Waals surface area contributed by atoms with Gasteiger partial charge in [0.1, 0.15) is 0 Å². The third-order valence-electron chi connectivity index (χ3n) is 8.91. The molecule has 0 aromatic carbocycles. The van der Waals surface area contributed by atoms with Gasteiger partial charge in [-0.25, -0.2) is 14.8 Å². The summed E-state index contributed by atoms with van der Waals surface area (Å²) in [7, 11) is 0. The summed E-state index contributed by atoms with van der Waals surface area (Å²) >= 11 is 6.41. The number of hydroxylamine groups is 1. The summed E-state index contributed by atoms with van der Waals surface area (Å²) in [6.07, 6.45) is 7.45. The Labute approximate surface area is 250 Å². The van der Waals surface area contributed by atoms with E-state index in [1.807, 2.05) is 24.0 Å². The second kappa shape index (κ2) is 11.7. The van der Waals surface area contributed by atoms with Crippen LogP contribution >= 0.6 is 11.6 Å². The number of hydrogen-bond donors (Lipinski definition) is 2. The summed E-state index contributed by atoms with van der Waals surface area (Å²) in [5, 5.41) is 3.26. The van der Waals surface area contributed by atoms with E-state index in [-0.39, 0.29) is 18.0 Å². The summed E-state index contributed by atoms with van der Waals surface area (Å²) < 4.78 is 2.34. The Morgan fingerprint density at radius 1 is 1.07 bits per heavy atom. The summed E-state index contributed by atoms with van der Waals surface area (Å²) in [4.78, 5) is 48.5. The number of carbonyl (C=O) groups excluding carboxylic acids is 2. The van der Waals surface area contributed by atoms with E-state index >= 15 is 0 Å². The number of amides is 2. The molecular formula is C30H39ClN8O3. The average molecular weight is 595 g/mol. The normalized spacial score (nSPS) is 26.4. The van der Waals surface area contributed by atoms with Crippen molar-refractivity contribution in [3.8, 4) is 11.3 Å². The first-order valence-electron chi connectivity index (χ1n) is 15.0. The van der Waals surface area contributed by atoms with Crippen LogP contribution < -0.4 is 15.7 Å². The van der Waals surface area contributed by atoms with Gasteiger partial charge < -0.3 is 19.2 Å². The number of nitrogens with one attached hydrogen (secondary N) is 2. The van der Waals surface area contributed by atoms with Crippen LogP contribution in [0.1, 0.15) is 71.7 Å². The molecule has 5 heterocycles. The smallest absolute Gasteiger partial charge is 0.351 e. The molecule has 224 valence electrons. The van der Waals surface area contributed by atoms with Crippen LogP contribution in [0, 0.1) is 11.8 Å². The molecule has 12 heteroatoms. The lowest BCUT2D eigenvalue weighted by Gasteiger charge is -2.45. The van der Waals surface area contributed by atoms with Crippen LogP contribution in [0.15, 0.2) is 24.5 Å². The number of hydrogen-bond acceptors (Lipinski definition) is 8. The van der Waals surface area contributed by atoms with Gasteiger partial charge in [-0.3, -0.25) is 15.1 Å². The average Bonchev–Trinajstić information content (AvgIpc) is 3.56. The Hall–Kier alpha value is -3.44. The van der Waals surface area contributed by atoms with Crippen molar-refractivity contribution >= 4 is 40.6 Å². The number of halogens is 1. The summed E-state index contributed by atoms with van der Waals surface area (Å²) in [6, 6.07) is 3.91. The fourth-order valence-electron chi connectivity index (χ4n) is 6.76. The number of imidazole rings is 1. The molecule has 1 unspecified atom stereocenters. The molecule has 2 amide bonds. The van der Waals surface area contributed by atoms with Gasteiger partial charge in [-0.15, -0.1) is 5.48 Å². The Balaban J connectivity index is 1.52. The number of pyridine rings is 2. The van der Waals surface area contributed by atoms with Crippen LogP contribution in [-0.2, 0) is 16.2 Å². The highest BCUT2D eigenvalue weighted by Gasteiger charge is 2.36. The standard InChI is InChI=1S/C30H39ClN8O3/c1-5-25(40)37-14-18(3)39(19(4)15-37)29-34-23-11-24(28-35-30(41)42-36-28)33-26(21-10-22(31)13-32-12-21)27(23)38(29)16-20-8-6-17(2)7-9-20/h10-13,17-20,28,36H,5-9,14-16H2,1-4H3,(H,35,41)/t17?,18-,19-,20?,28?/m1/s1. The Bertz CT molecular complexity index is 1470. The maximum absolute atomic E-state index is 12.6. The van der Waals surface area contributed by atoms with Crippen LogP contribution in [-0.4, -0.2) is 61.6 Å². The molecule has 3 aromatic heterocycles. The Kier molecular flexibility index (Phi) is 7.97. The van der Waals surface area contributed by atoms with Gasteiger partial charge in [-0.05, 0) is 50.7 Å². The lowest BCUT2D eigenvalue weighted by Crippen LogP contribution is -2.59. The van der Waals surface area contributed by atoms with Crippen LogP contribution in [0.5, 0.6) is 0 Å². The first-order chi connectivity index (χ1) is 20.2. The minimum Gasteiger partial charge on any atom is -0.351 e. The molecule has 6 rings (SSSR count). The predicted molar refractivity (Wildman–Crippen MR) is 161 cm³/mol. The molecule has 1 aliphatic carbocycles. The number of rotatable bonds is 6. The number of nitrogens with zero attached hydrogens (tertiary/aromatic N) is 6. The van der Waals surface area contributed by atoms with Gasteiger partial charge in [-0.2, -0.15) is 0 Å². The predicted octanol–water partition coefficient (Wildman–Crippen LogP) is 5.05. The Morgan fingerprint density at radius 3 is 2.45 bits per heavy atom. The molecule has 3 fully saturated rings. The minimum atomic E-state index is -0.623. The second-order valence-corrected chi connectivity index (χ2v) is 12.6. The first-order valence-corrected chi connectivity index (χ1v) is 15.4. The number of aromatic nitrogens is 4. The van der Waals surface area contributed by atoms with Gasteiger partial charge in [0, 0.05) is 56.1 Å². The highest BCUT2D eigenvalue weighted by atomic mass is 35.5. The van der Waals surface area contributed by atoms with Crippen molar-refractivity contribution in [2.45, 2.75) is 84.6 Å². The van der Waals surface area contributed by atoms with Crippen LogP contribution in [0.2, 0.25) is 5.02 Å². The molecule has 11 nitrogen and oxygen atoms in total. The molecule has 3 atom stereocenters.